The topological polar surface area (TPSA) is 70.7 Å². The number of likely N-dealkylation sites (tertiary alicyclic amines) is 1. The van der Waals surface area contributed by atoms with Gasteiger partial charge in [-0.2, -0.15) is 0 Å². The molecule has 1 aromatic carbocycles. The summed E-state index contributed by atoms with van der Waals surface area (Å²) in [6.45, 7) is 13.1. The molecule has 2 fully saturated rings. The maximum atomic E-state index is 13.8. The van der Waals surface area contributed by atoms with E-state index < -0.39 is 17.1 Å². The van der Waals surface area contributed by atoms with Gasteiger partial charge < -0.3 is 15.4 Å². The second-order valence-corrected chi connectivity index (χ2v) is 11.1. The molecule has 1 saturated heterocycles. The fourth-order valence-electron chi connectivity index (χ4n) is 5.56. The molecule has 1 unspecified atom stereocenters. The molecule has 3 rings (SSSR count). The smallest absolute Gasteiger partial charge is 0.407 e. The molecule has 32 heavy (non-hydrogen) atoms. The molecule has 0 bridgehead atoms. The lowest BCUT2D eigenvalue weighted by atomic mass is 9.71. The van der Waals surface area contributed by atoms with Crippen molar-refractivity contribution in [1.29, 1.82) is 0 Å². The Labute approximate surface area is 193 Å². The maximum Gasteiger partial charge on any atom is 0.407 e. The molecule has 0 spiro atoms. The number of hydrogen-bond acceptors (Lipinski definition) is 4. The summed E-state index contributed by atoms with van der Waals surface area (Å²) in [5.74, 6) is 1.10. The van der Waals surface area contributed by atoms with E-state index in [-0.39, 0.29) is 17.9 Å². The zero-order chi connectivity index (χ0) is 23.5. The van der Waals surface area contributed by atoms with Crippen LogP contribution in [0.2, 0.25) is 0 Å². The van der Waals surface area contributed by atoms with Gasteiger partial charge >= 0.3 is 6.09 Å². The minimum Gasteiger partial charge on any atom is -0.432 e. The molecule has 2 N–H and O–H groups in total. The Morgan fingerprint density at radius 2 is 1.81 bits per heavy atom. The van der Waals surface area contributed by atoms with Gasteiger partial charge in [0.05, 0.1) is 0 Å². The van der Waals surface area contributed by atoms with Crippen LogP contribution in [0.1, 0.15) is 59.4 Å². The van der Waals surface area contributed by atoms with Gasteiger partial charge in [0.1, 0.15) is 0 Å². The summed E-state index contributed by atoms with van der Waals surface area (Å²) < 4.78 is 5.87. The van der Waals surface area contributed by atoms with Crippen molar-refractivity contribution in [3.05, 3.63) is 35.9 Å². The first-order chi connectivity index (χ1) is 15.1. The highest BCUT2D eigenvalue weighted by Gasteiger charge is 2.54. The van der Waals surface area contributed by atoms with E-state index in [1.165, 1.54) is 12.6 Å². The lowest BCUT2D eigenvalue weighted by Gasteiger charge is -2.44. The number of fused-ring (bicyclic) bond motifs is 1. The van der Waals surface area contributed by atoms with Gasteiger partial charge in [0.25, 0.3) is 5.91 Å². The number of ether oxygens (including phenoxy) is 1. The molecule has 2 amide bonds. The summed E-state index contributed by atoms with van der Waals surface area (Å²) >= 11 is 0. The predicted octanol–water partition coefficient (Wildman–Crippen LogP) is 4.20. The first-order valence-electron chi connectivity index (χ1n) is 12.0. The van der Waals surface area contributed by atoms with Gasteiger partial charge in [0.2, 0.25) is 0 Å². The minimum absolute atomic E-state index is 0.121. The van der Waals surface area contributed by atoms with Gasteiger partial charge in [0, 0.05) is 38.1 Å². The Balaban J connectivity index is 1.73. The third-order valence-electron chi connectivity index (χ3n) is 7.24. The van der Waals surface area contributed by atoms with Crippen LogP contribution in [0.15, 0.2) is 30.3 Å². The Kier molecular flexibility index (Phi) is 7.53. The van der Waals surface area contributed by atoms with Crippen LogP contribution in [0.25, 0.3) is 0 Å². The molecule has 4 atom stereocenters. The van der Waals surface area contributed by atoms with Crippen LogP contribution in [0.3, 0.4) is 0 Å². The monoisotopic (exact) mass is 443 g/mol. The lowest BCUT2D eigenvalue weighted by Crippen LogP contribution is -2.61. The van der Waals surface area contributed by atoms with Crippen molar-refractivity contribution in [1.82, 2.24) is 15.5 Å². The Bertz CT molecular complexity index is 789. The number of benzene rings is 1. The zero-order valence-corrected chi connectivity index (χ0v) is 20.6. The fourth-order valence-corrected chi connectivity index (χ4v) is 5.56. The first kappa shape index (κ1) is 24.6. The molecule has 178 valence electrons. The molecule has 6 heteroatoms. The molecular weight excluding hydrogens is 402 g/mol. The molecule has 0 radical (unpaired) electrons. The third kappa shape index (κ3) is 5.28. The number of carbonyl (C=O) groups excluding carboxylic acids is 2. The van der Waals surface area contributed by atoms with Crippen molar-refractivity contribution in [2.24, 2.45) is 23.2 Å². The zero-order valence-electron chi connectivity index (χ0n) is 20.6. The molecule has 2 aliphatic rings. The molecule has 1 aromatic rings. The van der Waals surface area contributed by atoms with Gasteiger partial charge in [-0.15, -0.1) is 0 Å². The number of rotatable bonds is 7. The summed E-state index contributed by atoms with van der Waals surface area (Å²) in [5, 5.41) is 5.88. The van der Waals surface area contributed by atoms with Crippen LogP contribution in [-0.4, -0.2) is 48.7 Å². The molecule has 1 heterocycles. The van der Waals surface area contributed by atoms with E-state index in [2.05, 4.69) is 53.6 Å². The second-order valence-electron chi connectivity index (χ2n) is 11.1. The van der Waals surface area contributed by atoms with E-state index in [1.54, 1.807) is 0 Å². The predicted molar refractivity (Wildman–Crippen MR) is 127 cm³/mol. The van der Waals surface area contributed by atoms with E-state index in [0.29, 0.717) is 18.3 Å². The van der Waals surface area contributed by atoms with Gasteiger partial charge in [-0.1, -0.05) is 65.0 Å². The van der Waals surface area contributed by atoms with Crippen LogP contribution >= 0.6 is 0 Å². The molecule has 6 nitrogen and oxygen atoms in total. The Morgan fingerprint density at radius 3 is 2.41 bits per heavy atom. The van der Waals surface area contributed by atoms with Crippen LogP contribution < -0.4 is 10.6 Å². The molecule has 1 aliphatic heterocycles. The van der Waals surface area contributed by atoms with Gasteiger partial charge in [-0.05, 0) is 42.6 Å². The number of hydrogen-bond donors (Lipinski definition) is 2. The molecule has 1 saturated carbocycles. The maximum absolute atomic E-state index is 13.8. The standard InChI is InChI=1S/C26H41N3O3/c1-18(2)14-26(25(3,4)5,32-24(31)27-6)23(30)28-22-13-12-20-16-29(17-21(20)22)15-19-10-8-7-9-11-19/h7-11,18,20-22H,12-17H2,1-6H3,(H,27,31)(H,28,30)/t20-,21+,22+,26?/m1/s1. The number of amides is 2. The first-order valence-corrected chi connectivity index (χ1v) is 12.0. The number of nitrogens with one attached hydrogen (secondary N) is 2. The van der Waals surface area contributed by atoms with E-state index in [0.717, 1.165) is 32.5 Å². The largest absolute Gasteiger partial charge is 0.432 e. The highest BCUT2D eigenvalue weighted by molar-refractivity contribution is 5.89. The van der Waals surface area contributed by atoms with E-state index in [9.17, 15) is 9.59 Å². The molecule has 1 aliphatic carbocycles. The SMILES string of the molecule is CNC(=O)OC(CC(C)C)(C(=O)N[C@H]1CC[C@@H]2CN(Cc3ccccc3)C[C@@H]21)C(C)(C)C. The highest BCUT2D eigenvalue weighted by atomic mass is 16.6. The van der Waals surface area contributed by atoms with Crippen molar-refractivity contribution in [3.63, 3.8) is 0 Å². The van der Waals surface area contributed by atoms with Crippen molar-refractivity contribution < 1.29 is 14.3 Å². The van der Waals surface area contributed by atoms with Crippen LogP contribution in [0.5, 0.6) is 0 Å². The number of nitrogens with zero attached hydrogens (tertiary/aromatic N) is 1. The van der Waals surface area contributed by atoms with Crippen LogP contribution in [0, 0.1) is 23.2 Å². The van der Waals surface area contributed by atoms with E-state index >= 15 is 0 Å². The summed E-state index contributed by atoms with van der Waals surface area (Å²) in [6, 6.07) is 10.7. The average molecular weight is 444 g/mol. The molecular formula is C26H41N3O3. The van der Waals surface area contributed by atoms with Gasteiger partial charge in [-0.25, -0.2) is 4.79 Å². The van der Waals surface area contributed by atoms with Gasteiger partial charge in [0.15, 0.2) is 5.60 Å². The van der Waals surface area contributed by atoms with Gasteiger partial charge in [-0.3, -0.25) is 9.69 Å². The summed E-state index contributed by atoms with van der Waals surface area (Å²) in [4.78, 5) is 28.6. The van der Waals surface area contributed by atoms with E-state index in [1.807, 2.05) is 26.8 Å². The normalized spacial score (nSPS) is 25.3. The minimum atomic E-state index is -1.22. The fraction of sp³-hybridized carbons (Fsp3) is 0.692. The number of alkyl carbamates (subject to hydrolysis) is 1. The Morgan fingerprint density at radius 1 is 1.12 bits per heavy atom. The highest BCUT2D eigenvalue weighted by Crippen LogP contribution is 2.42. The van der Waals surface area contributed by atoms with Crippen molar-refractivity contribution in [3.8, 4) is 0 Å². The van der Waals surface area contributed by atoms with Crippen LogP contribution in [0.4, 0.5) is 4.79 Å². The Hall–Kier alpha value is -2.08. The van der Waals surface area contributed by atoms with Crippen molar-refractivity contribution in [2.75, 3.05) is 20.1 Å². The van der Waals surface area contributed by atoms with Crippen LogP contribution in [-0.2, 0) is 16.1 Å². The summed E-state index contributed by atoms with van der Waals surface area (Å²) in [5.41, 5.74) is -0.432. The number of carbonyl (C=O) groups is 2. The third-order valence-corrected chi connectivity index (χ3v) is 7.24. The van der Waals surface area contributed by atoms with Crippen molar-refractivity contribution in [2.45, 2.75) is 72.1 Å². The average Bonchev–Trinajstić information content (AvgIpc) is 3.27. The van der Waals surface area contributed by atoms with Crippen molar-refractivity contribution >= 4 is 12.0 Å². The second kappa shape index (κ2) is 9.82. The molecule has 0 aromatic heterocycles. The van der Waals surface area contributed by atoms with E-state index in [4.69, 9.17) is 4.74 Å². The quantitative estimate of drug-likeness (QED) is 0.663. The summed E-state index contributed by atoms with van der Waals surface area (Å²) in [7, 11) is 1.53. The summed E-state index contributed by atoms with van der Waals surface area (Å²) in [6.07, 6.45) is 2.04. The lowest BCUT2D eigenvalue weighted by molar-refractivity contribution is -0.156.